The topological polar surface area (TPSA) is 66.5 Å². The zero-order valence-corrected chi connectivity index (χ0v) is 17.0. The Hall–Kier alpha value is -1.40. The number of nitrogens with zero attached hydrogens (tertiary/aromatic N) is 1. The maximum atomic E-state index is 13.1. The van der Waals surface area contributed by atoms with Crippen LogP contribution in [0.1, 0.15) is 62.0 Å². The molecule has 0 saturated carbocycles. The molecule has 0 radical (unpaired) electrons. The van der Waals surface area contributed by atoms with Crippen molar-refractivity contribution in [3.05, 3.63) is 28.8 Å². The van der Waals surface area contributed by atoms with Crippen molar-refractivity contribution in [3.8, 4) is 0 Å². The van der Waals surface area contributed by atoms with Gasteiger partial charge in [0.2, 0.25) is 10.0 Å². The van der Waals surface area contributed by atoms with Crippen LogP contribution in [0.15, 0.2) is 17.0 Å². The van der Waals surface area contributed by atoms with Crippen LogP contribution in [0, 0.1) is 19.8 Å². The van der Waals surface area contributed by atoms with E-state index in [2.05, 4.69) is 12.2 Å². The Kier molecular flexibility index (Phi) is 5.64. The van der Waals surface area contributed by atoms with E-state index in [1.165, 1.54) is 6.07 Å². The van der Waals surface area contributed by atoms with Gasteiger partial charge in [-0.05, 0) is 76.6 Å². The van der Waals surface area contributed by atoms with Gasteiger partial charge in [-0.1, -0.05) is 6.92 Å². The largest absolute Gasteiger partial charge is 0.347 e. The highest BCUT2D eigenvalue weighted by atomic mass is 32.2. The monoisotopic (exact) mass is 366 g/mol. The lowest BCUT2D eigenvalue weighted by Crippen LogP contribution is -2.41. The number of hydrogen-bond acceptors (Lipinski definition) is 3. The average Bonchev–Trinajstić information content (AvgIpc) is 2.48. The van der Waals surface area contributed by atoms with Gasteiger partial charge >= 0.3 is 0 Å². The highest BCUT2D eigenvalue weighted by Gasteiger charge is 2.30. The van der Waals surface area contributed by atoms with Gasteiger partial charge in [0.25, 0.3) is 5.91 Å². The highest BCUT2D eigenvalue weighted by Crippen LogP contribution is 2.28. The van der Waals surface area contributed by atoms with Crippen molar-refractivity contribution in [1.82, 2.24) is 9.62 Å². The van der Waals surface area contributed by atoms with Crippen LogP contribution in [0.4, 0.5) is 0 Å². The number of carbonyl (C=O) groups excluding carboxylic acids is 1. The molecule has 1 N–H and O–H groups in total. The summed E-state index contributed by atoms with van der Waals surface area (Å²) in [5.74, 6) is 0.303. The van der Waals surface area contributed by atoms with Crippen LogP contribution in [0.25, 0.3) is 0 Å². The van der Waals surface area contributed by atoms with Crippen molar-refractivity contribution in [1.29, 1.82) is 0 Å². The Bertz CT molecular complexity index is 756. The molecule has 6 heteroatoms. The van der Waals surface area contributed by atoms with Gasteiger partial charge in [0.05, 0.1) is 4.90 Å². The summed E-state index contributed by atoms with van der Waals surface area (Å²) in [6.45, 7) is 12.6. The fraction of sp³-hybridized carbons (Fsp3) is 0.632. The van der Waals surface area contributed by atoms with Gasteiger partial charge in [-0.3, -0.25) is 4.79 Å². The van der Waals surface area contributed by atoms with E-state index in [9.17, 15) is 13.2 Å². The first-order valence-corrected chi connectivity index (χ1v) is 10.3. The lowest BCUT2D eigenvalue weighted by molar-refractivity contribution is 0.0919. The minimum atomic E-state index is -3.59. The number of piperidine rings is 1. The lowest BCUT2D eigenvalue weighted by Gasteiger charge is -2.30. The van der Waals surface area contributed by atoms with Gasteiger partial charge in [-0.2, -0.15) is 4.31 Å². The summed E-state index contributed by atoms with van der Waals surface area (Å²) < 4.78 is 27.8. The van der Waals surface area contributed by atoms with Gasteiger partial charge in [0.15, 0.2) is 0 Å². The first-order chi connectivity index (χ1) is 11.4. The Balaban J connectivity index is 2.42. The van der Waals surface area contributed by atoms with Gasteiger partial charge in [0, 0.05) is 24.2 Å². The number of hydrogen-bond donors (Lipinski definition) is 1. The predicted octanol–water partition coefficient (Wildman–Crippen LogP) is 3.25. The molecule has 0 unspecified atom stereocenters. The van der Waals surface area contributed by atoms with Crippen molar-refractivity contribution < 1.29 is 13.2 Å². The smallest absolute Gasteiger partial charge is 0.251 e. The zero-order valence-electron chi connectivity index (χ0n) is 16.1. The molecule has 1 fully saturated rings. The summed E-state index contributed by atoms with van der Waals surface area (Å²) in [6, 6.07) is 3.28. The first kappa shape index (κ1) is 19.9. The van der Waals surface area contributed by atoms with Crippen molar-refractivity contribution >= 4 is 15.9 Å². The third kappa shape index (κ3) is 4.61. The van der Waals surface area contributed by atoms with E-state index in [1.54, 1.807) is 17.3 Å². The SMILES string of the molecule is Cc1cc(C(=O)NC(C)(C)C)cc(S(=O)(=O)N2CCC(C)CC2)c1C. The van der Waals surface area contributed by atoms with Crippen LogP contribution in [0.2, 0.25) is 0 Å². The first-order valence-electron chi connectivity index (χ1n) is 8.86. The van der Waals surface area contributed by atoms with Gasteiger partial charge < -0.3 is 5.32 Å². The van der Waals surface area contributed by atoms with Crippen LogP contribution in [0.5, 0.6) is 0 Å². The standard InChI is InChI=1S/C19H30N2O3S/c1-13-7-9-21(10-8-13)25(23,24)17-12-16(11-14(2)15(17)3)18(22)20-19(4,5)6/h11-13H,7-10H2,1-6H3,(H,20,22). The number of sulfonamides is 1. The maximum Gasteiger partial charge on any atom is 0.251 e. The third-order valence-electron chi connectivity index (χ3n) is 4.73. The lowest BCUT2D eigenvalue weighted by atomic mass is 10.0. The Morgan fingerprint density at radius 1 is 1.16 bits per heavy atom. The summed E-state index contributed by atoms with van der Waals surface area (Å²) in [4.78, 5) is 12.8. The molecule has 1 aromatic rings. The quantitative estimate of drug-likeness (QED) is 0.893. The van der Waals surface area contributed by atoms with E-state index in [0.717, 1.165) is 18.4 Å². The van der Waals surface area contributed by atoms with Crippen LogP contribution >= 0.6 is 0 Å². The van der Waals surface area contributed by atoms with Crippen LogP contribution in [-0.4, -0.2) is 37.3 Å². The van der Waals surface area contributed by atoms with Crippen molar-refractivity contribution in [3.63, 3.8) is 0 Å². The fourth-order valence-electron chi connectivity index (χ4n) is 3.00. The van der Waals surface area contributed by atoms with E-state index < -0.39 is 10.0 Å². The second-order valence-electron chi connectivity index (χ2n) is 8.21. The summed E-state index contributed by atoms with van der Waals surface area (Å²) in [7, 11) is -3.59. The van der Waals surface area contributed by atoms with E-state index >= 15 is 0 Å². The van der Waals surface area contributed by atoms with Gasteiger partial charge in [0.1, 0.15) is 0 Å². The molecule has 25 heavy (non-hydrogen) atoms. The number of carbonyl (C=O) groups is 1. The predicted molar refractivity (Wildman–Crippen MR) is 100 cm³/mol. The number of aryl methyl sites for hydroxylation is 1. The third-order valence-corrected chi connectivity index (χ3v) is 6.76. The number of nitrogens with one attached hydrogen (secondary N) is 1. The molecule has 5 nitrogen and oxygen atoms in total. The van der Waals surface area contributed by atoms with Gasteiger partial charge in [-0.25, -0.2) is 8.42 Å². The summed E-state index contributed by atoms with van der Waals surface area (Å²) in [5, 5.41) is 2.90. The minimum absolute atomic E-state index is 0.251. The van der Waals surface area contributed by atoms with E-state index in [-0.39, 0.29) is 16.3 Å². The minimum Gasteiger partial charge on any atom is -0.347 e. The Morgan fingerprint density at radius 2 is 1.72 bits per heavy atom. The van der Waals surface area contributed by atoms with E-state index in [4.69, 9.17) is 0 Å². The molecule has 0 spiro atoms. The van der Waals surface area contributed by atoms with Crippen LogP contribution in [0.3, 0.4) is 0 Å². The van der Waals surface area contributed by atoms with Crippen LogP contribution in [-0.2, 0) is 10.0 Å². The molecule has 0 bridgehead atoms. The second-order valence-corrected chi connectivity index (χ2v) is 10.1. The molecular formula is C19H30N2O3S. The van der Waals surface area contributed by atoms with E-state index in [1.807, 2.05) is 27.7 Å². The van der Waals surface area contributed by atoms with Crippen molar-refractivity contribution in [2.24, 2.45) is 5.92 Å². The number of benzene rings is 1. The molecule has 1 heterocycles. The average molecular weight is 367 g/mol. The molecule has 1 aromatic carbocycles. The molecule has 1 aliphatic rings. The summed E-state index contributed by atoms with van der Waals surface area (Å²) in [6.07, 6.45) is 1.75. The molecule has 0 atom stereocenters. The molecule has 1 amide bonds. The van der Waals surface area contributed by atoms with Crippen molar-refractivity contribution in [2.75, 3.05) is 13.1 Å². The second kappa shape index (κ2) is 7.08. The fourth-order valence-corrected chi connectivity index (χ4v) is 4.80. The van der Waals surface area contributed by atoms with Gasteiger partial charge in [-0.15, -0.1) is 0 Å². The van der Waals surface area contributed by atoms with E-state index in [0.29, 0.717) is 30.1 Å². The molecule has 2 rings (SSSR count). The van der Waals surface area contributed by atoms with Crippen LogP contribution < -0.4 is 5.32 Å². The molecule has 0 aromatic heterocycles. The zero-order chi connectivity index (χ0) is 19.0. The van der Waals surface area contributed by atoms with Crippen molar-refractivity contribution in [2.45, 2.75) is 64.8 Å². The highest BCUT2D eigenvalue weighted by molar-refractivity contribution is 7.89. The molecule has 1 saturated heterocycles. The molecule has 0 aliphatic carbocycles. The normalized spacial score (nSPS) is 17.5. The maximum absolute atomic E-state index is 13.1. The molecule has 140 valence electrons. The molecule has 1 aliphatic heterocycles. The summed E-state index contributed by atoms with van der Waals surface area (Å²) >= 11 is 0. The number of rotatable bonds is 3. The Labute approximate surface area is 151 Å². The summed E-state index contributed by atoms with van der Waals surface area (Å²) in [5.41, 5.74) is 1.54. The number of amides is 1. The molecular weight excluding hydrogens is 336 g/mol. The Morgan fingerprint density at radius 3 is 2.24 bits per heavy atom.